The van der Waals surface area contributed by atoms with E-state index in [1.807, 2.05) is 19.2 Å². The van der Waals surface area contributed by atoms with Crippen molar-refractivity contribution in [2.75, 3.05) is 37.0 Å². The van der Waals surface area contributed by atoms with Crippen molar-refractivity contribution in [1.29, 1.82) is 0 Å². The predicted molar refractivity (Wildman–Crippen MR) is 79.4 cm³/mol. The van der Waals surface area contributed by atoms with Crippen molar-refractivity contribution in [3.05, 3.63) is 29.8 Å². The first-order valence-electron chi connectivity index (χ1n) is 6.68. The van der Waals surface area contributed by atoms with Crippen LogP contribution in [0.1, 0.15) is 12.0 Å². The number of benzene rings is 1. The standard InChI is InChI=1S/C14H22N2O2S/c1-12-5-3-4-6-14(12)15-8-9-16(2)13-7-10-19(17,18)11-13/h3-6,13,15H,7-11H2,1-2H3. The molecule has 0 radical (unpaired) electrons. The van der Waals surface area contributed by atoms with Crippen molar-refractivity contribution in [2.24, 2.45) is 0 Å². The highest BCUT2D eigenvalue weighted by Crippen LogP contribution is 2.16. The first kappa shape index (κ1) is 14.3. The molecule has 1 fully saturated rings. The summed E-state index contributed by atoms with van der Waals surface area (Å²) in [6, 6.07) is 8.37. The predicted octanol–water partition coefficient (Wildman–Crippen LogP) is 1.53. The third kappa shape index (κ3) is 3.94. The summed E-state index contributed by atoms with van der Waals surface area (Å²) in [5.74, 6) is 0.654. The van der Waals surface area contributed by atoms with E-state index in [9.17, 15) is 8.42 Å². The van der Waals surface area contributed by atoms with Gasteiger partial charge in [0.15, 0.2) is 9.84 Å². The second-order valence-corrected chi connectivity index (χ2v) is 7.51. The Morgan fingerprint density at radius 3 is 2.74 bits per heavy atom. The lowest BCUT2D eigenvalue weighted by Gasteiger charge is -2.23. The van der Waals surface area contributed by atoms with Crippen LogP contribution in [0.25, 0.3) is 0 Å². The summed E-state index contributed by atoms with van der Waals surface area (Å²) >= 11 is 0. The number of nitrogens with zero attached hydrogens (tertiary/aromatic N) is 1. The van der Waals surface area contributed by atoms with Gasteiger partial charge in [-0.2, -0.15) is 0 Å². The molecule has 1 aromatic rings. The molecule has 1 aliphatic heterocycles. The largest absolute Gasteiger partial charge is 0.384 e. The Hall–Kier alpha value is -1.07. The van der Waals surface area contributed by atoms with Crippen LogP contribution in [0.2, 0.25) is 0 Å². The van der Waals surface area contributed by atoms with Gasteiger partial charge in [0.25, 0.3) is 0 Å². The highest BCUT2D eigenvalue weighted by molar-refractivity contribution is 7.91. The number of para-hydroxylation sites is 1. The Bertz CT molecular complexity index is 528. The normalized spacial score (nSPS) is 21.7. The van der Waals surface area contributed by atoms with Crippen molar-refractivity contribution in [3.8, 4) is 0 Å². The van der Waals surface area contributed by atoms with Crippen LogP contribution in [-0.2, 0) is 9.84 Å². The topological polar surface area (TPSA) is 49.4 Å². The Balaban J connectivity index is 1.79. The van der Waals surface area contributed by atoms with Crippen LogP contribution in [0, 0.1) is 6.92 Å². The zero-order valence-electron chi connectivity index (χ0n) is 11.6. The van der Waals surface area contributed by atoms with Gasteiger partial charge in [0.1, 0.15) is 0 Å². The third-order valence-corrected chi connectivity index (χ3v) is 5.51. The smallest absolute Gasteiger partial charge is 0.151 e. The number of anilines is 1. The zero-order valence-corrected chi connectivity index (χ0v) is 12.4. The van der Waals surface area contributed by atoms with Gasteiger partial charge in [-0.15, -0.1) is 0 Å². The molecule has 1 aliphatic rings. The maximum absolute atomic E-state index is 11.4. The summed E-state index contributed by atoms with van der Waals surface area (Å²) in [7, 11) is -0.781. The molecular formula is C14H22N2O2S. The number of nitrogens with one attached hydrogen (secondary N) is 1. The van der Waals surface area contributed by atoms with Gasteiger partial charge >= 0.3 is 0 Å². The van der Waals surface area contributed by atoms with Gasteiger partial charge in [-0.3, -0.25) is 0 Å². The number of hydrogen-bond acceptors (Lipinski definition) is 4. The molecule has 1 saturated heterocycles. The van der Waals surface area contributed by atoms with Crippen molar-refractivity contribution in [3.63, 3.8) is 0 Å². The maximum atomic E-state index is 11.4. The fraction of sp³-hybridized carbons (Fsp3) is 0.571. The van der Waals surface area contributed by atoms with Gasteiger partial charge in [0.2, 0.25) is 0 Å². The lowest BCUT2D eigenvalue weighted by atomic mass is 10.2. The molecule has 1 unspecified atom stereocenters. The third-order valence-electron chi connectivity index (χ3n) is 3.76. The molecule has 5 heteroatoms. The Labute approximate surface area is 115 Å². The minimum Gasteiger partial charge on any atom is -0.384 e. The van der Waals surface area contributed by atoms with E-state index in [1.165, 1.54) is 5.56 Å². The molecule has 19 heavy (non-hydrogen) atoms. The molecule has 0 saturated carbocycles. The van der Waals surface area contributed by atoms with Crippen molar-refractivity contribution < 1.29 is 8.42 Å². The second kappa shape index (κ2) is 5.92. The molecule has 1 aromatic carbocycles. The molecule has 2 rings (SSSR count). The monoisotopic (exact) mass is 282 g/mol. The molecule has 1 heterocycles. The Morgan fingerprint density at radius 1 is 1.37 bits per heavy atom. The Kier molecular flexibility index (Phi) is 4.47. The first-order valence-corrected chi connectivity index (χ1v) is 8.50. The van der Waals surface area contributed by atoms with Gasteiger partial charge in [-0.05, 0) is 32.0 Å². The minimum atomic E-state index is -2.79. The fourth-order valence-electron chi connectivity index (χ4n) is 2.44. The second-order valence-electron chi connectivity index (χ2n) is 5.28. The van der Waals surface area contributed by atoms with Gasteiger partial charge in [0.05, 0.1) is 11.5 Å². The number of likely N-dealkylation sites (N-methyl/N-ethyl adjacent to an activating group) is 1. The van der Waals surface area contributed by atoms with Crippen molar-refractivity contribution in [1.82, 2.24) is 4.90 Å². The number of hydrogen-bond donors (Lipinski definition) is 1. The summed E-state index contributed by atoms with van der Waals surface area (Å²) in [5, 5.41) is 3.40. The van der Waals surface area contributed by atoms with Crippen LogP contribution < -0.4 is 5.32 Å². The molecule has 4 nitrogen and oxygen atoms in total. The van der Waals surface area contributed by atoms with E-state index in [0.717, 1.165) is 25.2 Å². The van der Waals surface area contributed by atoms with E-state index in [4.69, 9.17) is 0 Å². The van der Waals surface area contributed by atoms with Gasteiger partial charge in [-0.25, -0.2) is 8.42 Å². The molecule has 0 aliphatic carbocycles. The van der Waals surface area contributed by atoms with Crippen LogP contribution in [0.15, 0.2) is 24.3 Å². The lowest BCUT2D eigenvalue weighted by molar-refractivity contribution is 0.272. The van der Waals surface area contributed by atoms with E-state index < -0.39 is 9.84 Å². The zero-order chi connectivity index (χ0) is 13.9. The van der Waals surface area contributed by atoms with E-state index >= 15 is 0 Å². The summed E-state index contributed by atoms with van der Waals surface area (Å²) in [6.45, 7) is 3.77. The highest BCUT2D eigenvalue weighted by Gasteiger charge is 2.30. The van der Waals surface area contributed by atoms with Crippen LogP contribution in [-0.4, -0.2) is 51.0 Å². The van der Waals surface area contributed by atoms with Crippen LogP contribution in [0.3, 0.4) is 0 Å². The molecule has 0 aromatic heterocycles. The van der Waals surface area contributed by atoms with E-state index in [0.29, 0.717) is 11.5 Å². The Morgan fingerprint density at radius 2 is 2.11 bits per heavy atom. The van der Waals surface area contributed by atoms with Gasteiger partial charge in [0, 0.05) is 24.8 Å². The molecule has 0 amide bonds. The van der Waals surface area contributed by atoms with Gasteiger partial charge in [-0.1, -0.05) is 18.2 Å². The highest BCUT2D eigenvalue weighted by atomic mass is 32.2. The van der Waals surface area contributed by atoms with Crippen molar-refractivity contribution in [2.45, 2.75) is 19.4 Å². The number of sulfone groups is 1. The quantitative estimate of drug-likeness (QED) is 0.890. The van der Waals surface area contributed by atoms with Crippen molar-refractivity contribution >= 4 is 15.5 Å². The SMILES string of the molecule is Cc1ccccc1NCCN(C)C1CCS(=O)(=O)C1. The molecule has 0 spiro atoms. The number of aryl methyl sites for hydroxylation is 1. The van der Waals surface area contributed by atoms with E-state index in [-0.39, 0.29) is 6.04 Å². The molecule has 1 atom stereocenters. The van der Waals surface area contributed by atoms with E-state index in [1.54, 1.807) is 0 Å². The van der Waals surface area contributed by atoms with Crippen LogP contribution >= 0.6 is 0 Å². The summed E-state index contributed by atoms with van der Waals surface area (Å²) in [4.78, 5) is 2.15. The average molecular weight is 282 g/mol. The van der Waals surface area contributed by atoms with E-state index in [2.05, 4.69) is 29.3 Å². The van der Waals surface area contributed by atoms with Crippen LogP contribution in [0.5, 0.6) is 0 Å². The fourth-order valence-corrected chi connectivity index (χ4v) is 4.25. The van der Waals surface area contributed by atoms with Gasteiger partial charge < -0.3 is 10.2 Å². The summed E-state index contributed by atoms with van der Waals surface area (Å²) in [6.07, 6.45) is 0.767. The average Bonchev–Trinajstić information content (AvgIpc) is 2.72. The van der Waals surface area contributed by atoms with Crippen LogP contribution in [0.4, 0.5) is 5.69 Å². The molecule has 1 N–H and O–H groups in total. The summed E-state index contributed by atoms with van der Waals surface area (Å²) in [5.41, 5.74) is 2.38. The maximum Gasteiger partial charge on any atom is 0.151 e. The first-order chi connectivity index (χ1) is 8.98. The minimum absolute atomic E-state index is 0.184. The molecule has 106 valence electrons. The molecular weight excluding hydrogens is 260 g/mol. The summed E-state index contributed by atoms with van der Waals surface area (Å²) < 4.78 is 22.9. The number of rotatable bonds is 5. The lowest BCUT2D eigenvalue weighted by Crippen LogP contribution is -2.36. The molecule has 0 bridgehead atoms.